The second-order valence-corrected chi connectivity index (χ2v) is 8.43. The molecule has 0 aliphatic heterocycles. The third-order valence-corrected chi connectivity index (χ3v) is 5.71. The number of carbonyl (C=O) groups excluding carboxylic acids is 3. The van der Waals surface area contributed by atoms with E-state index >= 15 is 0 Å². The van der Waals surface area contributed by atoms with Gasteiger partial charge in [-0.3, -0.25) is 30.0 Å². The topological polar surface area (TPSA) is 156 Å². The van der Waals surface area contributed by atoms with Gasteiger partial charge in [0.1, 0.15) is 5.75 Å². The van der Waals surface area contributed by atoms with Crippen molar-refractivity contribution in [1.29, 1.82) is 0 Å². The van der Waals surface area contributed by atoms with Crippen LogP contribution < -0.4 is 25.6 Å². The van der Waals surface area contributed by atoms with E-state index in [1.165, 1.54) is 54.8 Å². The van der Waals surface area contributed by atoms with Gasteiger partial charge in [-0.2, -0.15) is 0 Å². The molecule has 3 rings (SSSR count). The number of hydrazine groups is 1. The van der Waals surface area contributed by atoms with Crippen LogP contribution in [0, 0.1) is 0 Å². The number of nitrogens with one attached hydrogen (secondary N) is 4. The Labute approximate surface area is 195 Å². The summed E-state index contributed by atoms with van der Waals surface area (Å²) >= 11 is 0. The summed E-state index contributed by atoms with van der Waals surface area (Å²) in [7, 11) is -3.83. The van der Waals surface area contributed by atoms with Crippen molar-refractivity contribution in [3.8, 4) is 5.75 Å². The first-order valence-corrected chi connectivity index (χ1v) is 11.5. The Morgan fingerprint density at radius 2 is 1.62 bits per heavy atom. The summed E-state index contributed by atoms with van der Waals surface area (Å²) in [5.74, 6) is -1.26. The molecular formula is C22H22N4O7S. The molecule has 0 saturated carbocycles. The van der Waals surface area contributed by atoms with E-state index in [2.05, 4.69) is 20.9 Å². The Bertz CT molecular complexity index is 1240. The van der Waals surface area contributed by atoms with Crippen LogP contribution >= 0.6 is 0 Å². The number of rotatable bonds is 9. The minimum atomic E-state index is -3.83. The molecule has 0 bridgehead atoms. The molecule has 4 N–H and O–H groups in total. The van der Waals surface area contributed by atoms with E-state index in [1.54, 1.807) is 12.1 Å². The lowest BCUT2D eigenvalue weighted by molar-refractivity contribution is -0.120. The van der Waals surface area contributed by atoms with Gasteiger partial charge in [0.2, 0.25) is 0 Å². The summed E-state index contributed by atoms with van der Waals surface area (Å²) in [4.78, 5) is 35.8. The normalized spacial score (nSPS) is 10.7. The number of furan rings is 1. The van der Waals surface area contributed by atoms with E-state index in [0.717, 1.165) is 0 Å². The number of hydrogen-bond donors (Lipinski definition) is 4. The number of hydrogen-bond acceptors (Lipinski definition) is 7. The van der Waals surface area contributed by atoms with Crippen molar-refractivity contribution in [3.63, 3.8) is 0 Å². The zero-order valence-corrected chi connectivity index (χ0v) is 18.8. The molecule has 0 aliphatic carbocycles. The van der Waals surface area contributed by atoms with Gasteiger partial charge in [0, 0.05) is 11.3 Å². The molecule has 0 spiro atoms. The first-order chi connectivity index (χ1) is 16.3. The molecule has 1 heterocycles. The molecule has 0 aliphatic rings. The maximum atomic E-state index is 12.5. The largest absolute Gasteiger partial charge is 0.494 e. The number of ether oxygens (including phenoxy) is 1. The van der Waals surface area contributed by atoms with E-state index < -0.39 is 27.7 Å². The molecule has 178 valence electrons. The number of sulfonamides is 1. The Hall–Kier alpha value is -4.32. The van der Waals surface area contributed by atoms with Crippen LogP contribution in [0.4, 0.5) is 5.69 Å². The van der Waals surface area contributed by atoms with Crippen LogP contribution in [0.25, 0.3) is 0 Å². The quantitative estimate of drug-likeness (QED) is 0.335. The number of amides is 3. The Kier molecular flexibility index (Phi) is 7.88. The van der Waals surface area contributed by atoms with Crippen LogP contribution in [0.15, 0.2) is 76.2 Å². The molecule has 0 saturated heterocycles. The summed E-state index contributed by atoms with van der Waals surface area (Å²) in [6.45, 7) is 1.91. The van der Waals surface area contributed by atoms with Crippen LogP contribution in [0.3, 0.4) is 0 Å². The summed E-state index contributed by atoms with van der Waals surface area (Å²) in [6, 6.07) is 14.5. The van der Waals surface area contributed by atoms with Crippen molar-refractivity contribution in [3.05, 3.63) is 78.3 Å². The van der Waals surface area contributed by atoms with Gasteiger partial charge in [0.15, 0.2) is 5.76 Å². The van der Waals surface area contributed by atoms with Crippen molar-refractivity contribution in [2.45, 2.75) is 11.8 Å². The Balaban J connectivity index is 1.49. The molecule has 2 aromatic carbocycles. The monoisotopic (exact) mass is 486 g/mol. The first kappa shape index (κ1) is 24.3. The lowest BCUT2D eigenvalue weighted by Crippen LogP contribution is -2.46. The highest BCUT2D eigenvalue weighted by Crippen LogP contribution is 2.19. The first-order valence-electron chi connectivity index (χ1n) is 10.0. The van der Waals surface area contributed by atoms with Crippen LogP contribution in [0.5, 0.6) is 5.75 Å². The van der Waals surface area contributed by atoms with Gasteiger partial charge >= 0.3 is 0 Å². The molecule has 0 unspecified atom stereocenters. The SMILES string of the molecule is CCOc1ccc(S(=O)(=O)Nc2ccc(C(=O)NNC(=O)CNC(=O)c3ccco3)cc2)cc1. The molecule has 34 heavy (non-hydrogen) atoms. The summed E-state index contributed by atoms with van der Waals surface area (Å²) in [5, 5.41) is 2.33. The Morgan fingerprint density at radius 3 is 2.24 bits per heavy atom. The number of benzene rings is 2. The van der Waals surface area contributed by atoms with Crippen LogP contribution in [-0.2, 0) is 14.8 Å². The van der Waals surface area contributed by atoms with Gasteiger partial charge in [-0.25, -0.2) is 8.42 Å². The van der Waals surface area contributed by atoms with E-state index in [4.69, 9.17) is 9.15 Å². The molecule has 11 nitrogen and oxygen atoms in total. The molecule has 3 aromatic rings. The van der Waals surface area contributed by atoms with Gasteiger partial charge in [-0.1, -0.05) is 0 Å². The average molecular weight is 487 g/mol. The van der Waals surface area contributed by atoms with Crippen LogP contribution in [0.2, 0.25) is 0 Å². The second kappa shape index (κ2) is 11.0. The second-order valence-electron chi connectivity index (χ2n) is 6.75. The Morgan fingerprint density at radius 1 is 0.912 bits per heavy atom. The van der Waals surface area contributed by atoms with E-state index in [1.807, 2.05) is 6.92 Å². The van der Waals surface area contributed by atoms with Gasteiger partial charge in [-0.05, 0) is 67.6 Å². The molecule has 0 fully saturated rings. The van der Waals surface area contributed by atoms with Crippen molar-refractivity contribution >= 4 is 33.4 Å². The minimum absolute atomic E-state index is 0.0510. The maximum absolute atomic E-state index is 12.5. The van der Waals surface area contributed by atoms with Crippen LogP contribution in [-0.4, -0.2) is 39.3 Å². The lowest BCUT2D eigenvalue weighted by atomic mass is 10.2. The average Bonchev–Trinajstić information content (AvgIpc) is 3.37. The van der Waals surface area contributed by atoms with E-state index in [9.17, 15) is 22.8 Å². The molecule has 0 atom stereocenters. The summed E-state index contributed by atoms with van der Waals surface area (Å²) in [5.41, 5.74) is 4.78. The highest BCUT2D eigenvalue weighted by Gasteiger charge is 2.15. The molecular weight excluding hydrogens is 464 g/mol. The highest BCUT2D eigenvalue weighted by atomic mass is 32.2. The summed E-state index contributed by atoms with van der Waals surface area (Å²) in [6.07, 6.45) is 1.32. The molecule has 3 amide bonds. The standard InChI is InChI=1S/C22H22N4O7S/c1-2-32-17-9-11-18(12-10-17)34(30,31)26-16-7-5-15(6-8-16)21(28)25-24-20(27)14-23-22(29)19-4-3-13-33-19/h3-13,26H,2,14H2,1H3,(H,23,29)(H,24,27)(H,25,28). The third-order valence-electron chi connectivity index (χ3n) is 4.31. The highest BCUT2D eigenvalue weighted by molar-refractivity contribution is 7.92. The molecule has 0 radical (unpaired) electrons. The van der Waals surface area contributed by atoms with Gasteiger partial charge in [0.25, 0.3) is 27.7 Å². The van der Waals surface area contributed by atoms with Gasteiger partial charge in [0.05, 0.1) is 24.3 Å². The predicted octanol–water partition coefficient (Wildman–Crippen LogP) is 1.67. The van der Waals surface area contributed by atoms with Crippen LogP contribution in [0.1, 0.15) is 27.8 Å². The fourth-order valence-corrected chi connectivity index (χ4v) is 3.74. The predicted molar refractivity (Wildman–Crippen MR) is 122 cm³/mol. The van der Waals surface area contributed by atoms with Gasteiger partial charge < -0.3 is 14.5 Å². The van der Waals surface area contributed by atoms with Crippen molar-refractivity contribution in [2.24, 2.45) is 0 Å². The van der Waals surface area contributed by atoms with Crippen molar-refractivity contribution < 1.29 is 32.0 Å². The smallest absolute Gasteiger partial charge is 0.287 e. The van der Waals surface area contributed by atoms with E-state index in [-0.39, 0.29) is 28.5 Å². The zero-order chi connectivity index (χ0) is 24.6. The zero-order valence-electron chi connectivity index (χ0n) is 18.0. The summed E-state index contributed by atoms with van der Waals surface area (Å²) < 4.78 is 37.7. The van der Waals surface area contributed by atoms with E-state index in [0.29, 0.717) is 12.4 Å². The lowest BCUT2D eigenvalue weighted by Gasteiger charge is -2.10. The van der Waals surface area contributed by atoms with Gasteiger partial charge in [-0.15, -0.1) is 0 Å². The molecule has 1 aromatic heterocycles. The number of carbonyl (C=O) groups is 3. The fraction of sp³-hybridized carbons (Fsp3) is 0.136. The van der Waals surface area contributed by atoms with Crippen molar-refractivity contribution in [1.82, 2.24) is 16.2 Å². The minimum Gasteiger partial charge on any atom is -0.494 e. The fourth-order valence-electron chi connectivity index (χ4n) is 2.68. The maximum Gasteiger partial charge on any atom is 0.287 e. The third kappa shape index (κ3) is 6.59. The number of anilines is 1. The van der Waals surface area contributed by atoms with Crippen molar-refractivity contribution in [2.75, 3.05) is 17.9 Å². The molecule has 12 heteroatoms.